The molecule has 1 aromatic carbocycles. The summed E-state index contributed by atoms with van der Waals surface area (Å²) in [6.45, 7) is 4.38. The van der Waals surface area contributed by atoms with Crippen molar-refractivity contribution in [1.82, 2.24) is 14.9 Å². The van der Waals surface area contributed by atoms with Crippen LogP contribution in [0.15, 0.2) is 23.0 Å². The zero-order valence-corrected chi connectivity index (χ0v) is 21.5. The summed E-state index contributed by atoms with van der Waals surface area (Å²) in [6, 6.07) is 4.98. The van der Waals surface area contributed by atoms with E-state index >= 15 is 0 Å². The van der Waals surface area contributed by atoms with Crippen molar-refractivity contribution in [1.29, 1.82) is 0 Å². The monoisotopic (exact) mass is 522 g/mol. The first kappa shape index (κ1) is 26.0. The summed E-state index contributed by atoms with van der Waals surface area (Å²) in [7, 11) is 0. The molecule has 0 spiro atoms. The SMILES string of the molecule is CC[C@@]1(O)C(=O)OCc2c1cc1n(c2=O)Cc2cc3c(CCCNC(=O)CCCN)c(C)c(F)cc3nc2-1. The van der Waals surface area contributed by atoms with E-state index < -0.39 is 11.6 Å². The number of esters is 1. The fraction of sp³-hybridized carbons (Fsp3) is 0.429. The van der Waals surface area contributed by atoms with Crippen molar-refractivity contribution >= 4 is 22.8 Å². The van der Waals surface area contributed by atoms with Crippen LogP contribution < -0.4 is 16.6 Å². The molecule has 0 radical (unpaired) electrons. The second kappa shape index (κ2) is 9.92. The number of nitrogens with one attached hydrogen (secondary N) is 1. The highest BCUT2D eigenvalue weighted by molar-refractivity contribution is 5.89. The van der Waals surface area contributed by atoms with Crippen LogP contribution in [0.2, 0.25) is 0 Å². The second-order valence-electron chi connectivity index (χ2n) is 9.97. The molecule has 2 aliphatic rings. The van der Waals surface area contributed by atoms with Crippen LogP contribution in [-0.4, -0.2) is 39.6 Å². The molecule has 0 saturated heterocycles. The molecule has 9 nitrogen and oxygen atoms in total. The third-order valence-corrected chi connectivity index (χ3v) is 7.68. The van der Waals surface area contributed by atoms with Crippen LogP contribution >= 0.6 is 0 Å². The Balaban J connectivity index is 1.52. The Kier molecular flexibility index (Phi) is 6.79. The molecule has 2 aromatic heterocycles. The first-order valence-corrected chi connectivity index (χ1v) is 12.9. The number of hydrogen-bond donors (Lipinski definition) is 3. The first-order valence-electron chi connectivity index (χ1n) is 12.9. The summed E-state index contributed by atoms with van der Waals surface area (Å²) in [6.07, 6.45) is 2.24. The summed E-state index contributed by atoms with van der Waals surface area (Å²) in [5, 5.41) is 14.7. The molecule has 0 unspecified atom stereocenters. The van der Waals surface area contributed by atoms with Crippen molar-refractivity contribution in [2.45, 2.75) is 64.7 Å². The van der Waals surface area contributed by atoms with Gasteiger partial charge >= 0.3 is 5.97 Å². The lowest BCUT2D eigenvalue weighted by atomic mass is 9.86. The molecule has 4 N–H and O–H groups in total. The van der Waals surface area contributed by atoms with Crippen LogP contribution in [-0.2, 0) is 39.5 Å². The number of rotatable bonds is 8. The summed E-state index contributed by atoms with van der Waals surface area (Å²) in [5.74, 6) is -1.21. The minimum absolute atomic E-state index is 0.0521. The van der Waals surface area contributed by atoms with Gasteiger partial charge in [0.05, 0.1) is 29.0 Å². The number of fused-ring (bicyclic) bond motifs is 5. The summed E-state index contributed by atoms with van der Waals surface area (Å²) in [5.41, 5.74) is 7.30. The molecule has 0 fully saturated rings. The number of carbonyl (C=O) groups excluding carboxylic acids is 2. The van der Waals surface area contributed by atoms with Gasteiger partial charge in [-0.3, -0.25) is 9.59 Å². The Bertz CT molecular complexity index is 1530. The van der Waals surface area contributed by atoms with Gasteiger partial charge in [0.25, 0.3) is 5.56 Å². The van der Waals surface area contributed by atoms with Gasteiger partial charge < -0.3 is 25.5 Å². The van der Waals surface area contributed by atoms with E-state index in [9.17, 15) is 23.9 Å². The number of carbonyl (C=O) groups is 2. The number of aliphatic hydroxyl groups is 1. The second-order valence-corrected chi connectivity index (χ2v) is 9.97. The topological polar surface area (TPSA) is 137 Å². The van der Waals surface area contributed by atoms with Crippen molar-refractivity contribution < 1.29 is 23.8 Å². The maximum Gasteiger partial charge on any atom is 0.343 e. The Labute approximate surface area is 218 Å². The summed E-state index contributed by atoms with van der Waals surface area (Å²) >= 11 is 0. The molecular formula is C28H31FN4O5. The number of benzene rings is 1. The summed E-state index contributed by atoms with van der Waals surface area (Å²) in [4.78, 5) is 42.4. The number of nitrogens with two attached hydrogens (primary N) is 1. The standard InChI is InChI=1S/C28H31FN4O5/c1-3-28(37)20-11-23-25-16(13-33(23)26(35)19(20)14-38-27(28)36)10-18-17(15(2)21(29)12-22(18)32-25)6-5-9-31-24(34)7-4-8-30/h10-12,37H,3-9,13-14,30H2,1-2H3,(H,31,34)/t28-/m0/s1. The highest BCUT2D eigenvalue weighted by Crippen LogP contribution is 2.39. The smallest absolute Gasteiger partial charge is 0.343 e. The van der Waals surface area contributed by atoms with E-state index in [1.807, 2.05) is 6.07 Å². The van der Waals surface area contributed by atoms with Crippen LogP contribution in [0, 0.1) is 12.7 Å². The molecule has 0 aliphatic carbocycles. The van der Waals surface area contributed by atoms with E-state index in [0.29, 0.717) is 61.2 Å². The van der Waals surface area contributed by atoms with E-state index in [1.54, 1.807) is 24.5 Å². The Morgan fingerprint density at radius 3 is 2.82 bits per heavy atom. The van der Waals surface area contributed by atoms with Crippen molar-refractivity contribution in [2.75, 3.05) is 13.1 Å². The average Bonchev–Trinajstić information content (AvgIpc) is 3.26. The van der Waals surface area contributed by atoms with E-state index in [2.05, 4.69) is 5.32 Å². The van der Waals surface area contributed by atoms with Gasteiger partial charge in [-0.1, -0.05) is 6.92 Å². The molecule has 1 amide bonds. The maximum atomic E-state index is 15.0. The largest absolute Gasteiger partial charge is 0.458 e. The minimum atomic E-state index is -1.90. The molecule has 0 bridgehead atoms. The van der Waals surface area contributed by atoms with Crippen molar-refractivity contribution in [3.8, 4) is 11.4 Å². The van der Waals surface area contributed by atoms with Crippen molar-refractivity contribution in [3.63, 3.8) is 0 Å². The fourth-order valence-electron chi connectivity index (χ4n) is 5.43. The maximum absolute atomic E-state index is 15.0. The lowest BCUT2D eigenvalue weighted by molar-refractivity contribution is -0.172. The molecule has 5 rings (SSSR count). The first-order chi connectivity index (χ1) is 18.2. The van der Waals surface area contributed by atoms with Gasteiger partial charge in [0, 0.05) is 35.5 Å². The molecule has 38 heavy (non-hydrogen) atoms. The van der Waals surface area contributed by atoms with Crippen LogP contribution in [0.5, 0.6) is 0 Å². The molecule has 10 heteroatoms. The lowest BCUT2D eigenvalue weighted by Gasteiger charge is -2.31. The molecule has 4 heterocycles. The zero-order valence-electron chi connectivity index (χ0n) is 21.5. The van der Waals surface area contributed by atoms with Gasteiger partial charge in [-0.05, 0) is 62.4 Å². The van der Waals surface area contributed by atoms with Crippen LogP contribution in [0.25, 0.3) is 22.3 Å². The molecule has 200 valence electrons. The lowest BCUT2D eigenvalue weighted by Crippen LogP contribution is -2.44. The van der Waals surface area contributed by atoms with E-state index in [0.717, 1.165) is 16.5 Å². The zero-order chi connectivity index (χ0) is 27.2. The number of cyclic esters (lactones) is 1. The molecule has 0 saturated carbocycles. The van der Waals surface area contributed by atoms with E-state index in [1.165, 1.54) is 6.07 Å². The van der Waals surface area contributed by atoms with E-state index in [-0.39, 0.29) is 48.0 Å². The molecule has 3 aromatic rings. The molecule has 2 aliphatic heterocycles. The van der Waals surface area contributed by atoms with E-state index in [4.69, 9.17) is 15.5 Å². The number of ether oxygens (including phenoxy) is 1. The molecule has 1 atom stereocenters. The summed E-state index contributed by atoms with van der Waals surface area (Å²) < 4.78 is 21.6. The number of halogens is 1. The number of aromatic nitrogens is 2. The number of amides is 1. The Hall–Kier alpha value is -3.63. The van der Waals surface area contributed by atoms with Gasteiger partial charge in [-0.15, -0.1) is 0 Å². The predicted molar refractivity (Wildman–Crippen MR) is 139 cm³/mol. The van der Waals surface area contributed by atoms with Crippen LogP contribution in [0.1, 0.15) is 60.4 Å². The minimum Gasteiger partial charge on any atom is -0.458 e. The molecular weight excluding hydrogens is 491 g/mol. The average molecular weight is 523 g/mol. The van der Waals surface area contributed by atoms with Gasteiger partial charge in [0.15, 0.2) is 5.60 Å². The van der Waals surface area contributed by atoms with Crippen molar-refractivity contribution in [3.05, 3.63) is 62.2 Å². The number of hydrogen-bond acceptors (Lipinski definition) is 7. The Morgan fingerprint density at radius 1 is 1.29 bits per heavy atom. The fourth-order valence-corrected chi connectivity index (χ4v) is 5.43. The highest BCUT2D eigenvalue weighted by Gasteiger charge is 2.45. The van der Waals surface area contributed by atoms with Gasteiger partial charge in [-0.2, -0.15) is 0 Å². The highest BCUT2D eigenvalue weighted by atomic mass is 19.1. The third kappa shape index (κ3) is 4.17. The third-order valence-electron chi connectivity index (χ3n) is 7.68. The number of nitrogens with zero attached hydrogens (tertiary/aromatic N) is 2. The van der Waals surface area contributed by atoms with Crippen LogP contribution in [0.4, 0.5) is 4.39 Å². The number of aryl methyl sites for hydroxylation is 1. The van der Waals surface area contributed by atoms with Gasteiger partial charge in [-0.25, -0.2) is 14.2 Å². The van der Waals surface area contributed by atoms with Crippen LogP contribution in [0.3, 0.4) is 0 Å². The normalized spacial score (nSPS) is 17.7. The number of pyridine rings is 2. The van der Waals surface area contributed by atoms with Gasteiger partial charge in [0.1, 0.15) is 12.4 Å². The van der Waals surface area contributed by atoms with Crippen molar-refractivity contribution in [2.24, 2.45) is 5.73 Å². The predicted octanol–water partition coefficient (Wildman–Crippen LogP) is 2.31. The quantitative estimate of drug-likeness (QED) is 0.239. The van der Waals surface area contributed by atoms with Gasteiger partial charge in [0.2, 0.25) is 5.91 Å². The Morgan fingerprint density at radius 2 is 2.08 bits per heavy atom.